The molecule has 2 aromatic heterocycles. The van der Waals surface area contributed by atoms with Crippen LogP contribution in [0.4, 0.5) is 5.82 Å². The number of hydrogen-bond donors (Lipinski definition) is 2. The molecule has 5 heterocycles. The van der Waals surface area contributed by atoms with Crippen LogP contribution < -0.4 is 10.6 Å². The van der Waals surface area contributed by atoms with Crippen molar-refractivity contribution in [2.75, 3.05) is 5.32 Å². The molecule has 9 nitrogen and oxygen atoms in total. The Morgan fingerprint density at radius 3 is 2.82 bits per heavy atom. The molecule has 178 valence electrons. The van der Waals surface area contributed by atoms with Gasteiger partial charge in [0.1, 0.15) is 17.4 Å². The number of amides is 3. The van der Waals surface area contributed by atoms with E-state index in [2.05, 4.69) is 15.8 Å². The van der Waals surface area contributed by atoms with Crippen molar-refractivity contribution >= 4 is 34.9 Å². The number of fused-ring (bicyclic) bond motifs is 1. The Bertz CT molecular complexity index is 1150. The smallest absolute Gasteiger partial charge is 0.246 e. The highest BCUT2D eigenvalue weighted by molar-refractivity contribution is 7.09. The van der Waals surface area contributed by atoms with Crippen LogP contribution in [-0.4, -0.2) is 51.6 Å². The second-order valence-electron chi connectivity index (χ2n) is 9.55. The van der Waals surface area contributed by atoms with Crippen molar-refractivity contribution in [1.29, 1.82) is 0 Å². The number of aromatic nitrogens is 1. The van der Waals surface area contributed by atoms with E-state index in [1.807, 2.05) is 29.7 Å². The topological polar surface area (TPSA) is 114 Å². The van der Waals surface area contributed by atoms with Crippen LogP contribution in [0.2, 0.25) is 0 Å². The summed E-state index contributed by atoms with van der Waals surface area (Å²) in [6.07, 6.45) is 7.12. The van der Waals surface area contributed by atoms with E-state index < -0.39 is 29.6 Å². The van der Waals surface area contributed by atoms with Gasteiger partial charge in [-0.25, -0.2) is 0 Å². The third-order valence-corrected chi connectivity index (χ3v) is 8.27. The molecule has 1 spiro atoms. The average Bonchev–Trinajstić information content (AvgIpc) is 3.62. The molecule has 3 fully saturated rings. The normalized spacial score (nSPS) is 31.9. The van der Waals surface area contributed by atoms with E-state index in [4.69, 9.17) is 9.26 Å². The fraction of sp³-hybridized carbons (Fsp3) is 0.500. The molecule has 3 aliphatic heterocycles. The molecule has 2 saturated heterocycles. The number of carbonyl (C=O) groups excluding carboxylic acids is 3. The lowest BCUT2D eigenvalue weighted by atomic mass is 9.74. The maximum Gasteiger partial charge on any atom is 0.246 e. The van der Waals surface area contributed by atoms with Crippen LogP contribution >= 0.6 is 11.3 Å². The first-order valence-electron chi connectivity index (χ1n) is 11.7. The van der Waals surface area contributed by atoms with Crippen LogP contribution in [0, 0.1) is 18.8 Å². The van der Waals surface area contributed by atoms with Crippen LogP contribution in [0.1, 0.15) is 36.3 Å². The summed E-state index contributed by atoms with van der Waals surface area (Å²) < 4.78 is 11.4. The van der Waals surface area contributed by atoms with Gasteiger partial charge in [0.05, 0.1) is 24.5 Å². The van der Waals surface area contributed by atoms with E-state index in [9.17, 15) is 14.4 Å². The monoisotopic (exact) mass is 482 g/mol. The molecule has 6 rings (SSSR count). The molecule has 1 aliphatic carbocycles. The zero-order valence-corrected chi connectivity index (χ0v) is 19.5. The summed E-state index contributed by atoms with van der Waals surface area (Å²) in [5.74, 6) is -1.49. The summed E-state index contributed by atoms with van der Waals surface area (Å²) in [4.78, 5) is 43.4. The first kappa shape index (κ1) is 21.5. The third kappa shape index (κ3) is 3.31. The highest BCUT2D eigenvalue weighted by atomic mass is 32.1. The largest absolute Gasteiger partial charge is 0.360 e. The van der Waals surface area contributed by atoms with Gasteiger partial charge in [0.2, 0.25) is 17.7 Å². The fourth-order valence-electron chi connectivity index (χ4n) is 5.99. The van der Waals surface area contributed by atoms with Crippen molar-refractivity contribution in [2.24, 2.45) is 11.8 Å². The van der Waals surface area contributed by atoms with Crippen molar-refractivity contribution in [2.45, 2.75) is 62.9 Å². The number of hydrogen-bond acceptors (Lipinski definition) is 7. The van der Waals surface area contributed by atoms with E-state index in [1.165, 1.54) is 11.3 Å². The van der Waals surface area contributed by atoms with Gasteiger partial charge in [0.25, 0.3) is 0 Å². The minimum absolute atomic E-state index is 0.110. The summed E-state index contributed by atoms with van der Waals surface area (Å²) in [7, 11) is 0. The van der Waals surface area contributed by atoms with Crippen LogP contribution in [0.25, 0.3) is 0 Å². The standard InChI is InChI=1S/C24H26N4O5S/c1-13-11-17(27-33-13)26-21(29)18-16-8-9-24(32-16)19(18)23(31)28(12-15-7-4-10-34-15)20(24)22(30)25-14-5-2-3-6-14/h4,7-11,14,16,18-20H,2-3,5-6,12H2,1H3,(H,25,30)(H,26,27,29)/t16-,18-,19-,20-,24-/m1/s1. The highest BCUT2D eigenvalue weighted by Crippen LogP contribution is 2.55. The molecule has 0 unspecified atom stereocenters. The van der Waals surface area contributed by atoms with Gasteiger partial charge in [0, 0.05) is 17.0 Å². The summed E-state index contributed by atoms with van der Waals surface area (Å²) >= 11 is 1.53. The van der Waals surface area contributed by atoms with E-state index in [-0.39, 0.29) is 23.8 Å². The molecule has 5 atom stereocenters. The van der Waals surface area contributed by atoms with Crippen LogP contribution in [-0.2, 0) is 25.7 Å². The molecule has 3 amide bonds. The minimum Gasteiger partial charge on any atom is -0.360 e. The van der Waals surface area contributed by atoms with Crippen molar-refractivity contribution in [3.05, 3.63) is 46.4 Å². The van der Waals surface area contributed by atoms with E-state index in [0.29, 0.717) is 18.1 Å². The highest BCUT2D eigenvalue weighted by Gasteiger charge is 2.72. The van der Waals surface area contributed by atoms with Gasteiger partial charge in [0.15, 0.2) is 5.82 Å². The lowest BCUT2D eigenvalue weighted by Gasteiger charge is -2.32. The Kier molecular flexibility index (Phi) is 5.11. The van der Waals surface area contributed by atoms with Gasteiger partial charge >= 0.3 is 0 Å². The quantitative estimate of drug-likeness (QED) is 0.612. The molecule has 34 heavy (non-hydrogen) atoms. The Labute approximate surface area is 200 Å². The number of rotatable bonds is 6. The Morgan fingerprint density at radius 2 is 2.12 bits per heavy atom. The molecule has 2 aromatic rings. The SMILES string of the molecule is Cc1cc(NC(=O)[C@@H]2[C@H]3C=C[C@@]4(O3)[C@H]2C(=O)N(Cc2cccs2)[C@@H]4C(=O)NC2CCCC2)no1. The number of carbonyl (C=O) groups is 3. The molecule has 10 heteroatoms. The van der Waals surface area contributed by atoms with E-state index >= 15 is 0 Å². The maximum atomic E-state index is 13.8. The first-order chi connectivity index (χ1) is 16.5. The van der Waals surface area contributed by atoms with E-state index in [1.54, 1.807) is 17.9 Å². The molecular formula is C24H26N4O5S. The van der Waals surface area contributed by atoms with Gasteiger partial charge in [-0.3, -0.25) is 14.4 Å². The molecule has 2 bridgehead atoms. The summed E-state index contributed by atoms with van der Waals surface area (Å²) in [5, 5.41) is 11.7. The van der Waals surface area contributed by atoms with Gasteiger partial charge in [-0.2, -0.15) is 0 Å². The molecule has 2 N–H and O–H groups in total. The fourth-order valence-corrected chi connectivity index (χ4v) is 6.70. The van der Waals surface area contributed by atoms with Crippen LogP contribution in [0.3, 0.4) is 0 Å². The summed E-state index contributed by atoms with van der Waals surface area (Å²) in [5.41, 5.74) is -1.16. The van der Waals surface area contributed by atoms with Gasteiger partial charge in [-0.15, -0.1) is 11.3 Å². The molecular weight excluding hydrogens is 456 g/mol. The maximum absolute atomic E-state index is 13.8. The number of nitrogens with zero attached hydrogens (tertiary/aromatic N) is 2. The van der Waals surface area contributed by atoms with Crippen molar-refractivity contribution < 1.29 is 23.6 Å². The number of likely N-dealkylation sites (tertiary alicyclic amines) is 1. The number of nitrogens with one attached hydrogen (secondary N) is 2. The Balaban J connectivity index is 1.33. The zero-order valence-electron chi connectivity index (χ0n) is 18.7. The lowest BCUT2D eigenvalue weighted by molar-refractivity contribution is -0.142. The predicted molar refractivity (Wildman–Crippen MR) is 123 cm³/mol. The van der Waals surface area contributed by atoms with Crippen molar-refractivity contribution in [3.63, 3.8) is 0 Å². The minimum atomic E-state index is -1.16. The summed E-state index contributed by atoms with van der Waals surface area (Å²) in [6.45, 7) is 2.04. The number of thiophene rings is 1. The van der Waals surface area contributed by atoms with Gasteiger partial charge in [-0.1, -0.05) is 36.2 Å². The van der Waals surface area contributed by atoms with E-state index in [0.717, 1.165) is 30.6 Å². The summed E-state index contributed by atoms with van der Waals surface area (Å²) in [6, 6.07) is 4.76. The lowest BCUT2D eigenvalue weighted by Crippen LogP contribution is -2.55. The Morgan fingerprint density at radius 1 is 1.29 bits per heavy atom. The first-order valence-corrected chi connectivity index (χ1v) is 12.6. The predicted octanol–water partition coefficient (Wildman–Crippen LogP) is 2.39. The number of aryl methyl sites for hydroxylation is 1. The third-order valence-electron chi connectivity index (χ3n) is 7.41. The second-order valence-corrected chi connectivity index (χ2v) is 10.6. The van der Waals surface area contributed by atoms with Crippen molar-refractivity contribution in [3.8, 4) is 0 Å². The van der Waals surface area contributed by atoms with Crippen molar-refractivity contribution in [1.82, 2.24) is 15.4 Å². The molecule has 0 aromatic carbocycles. The van der Waals surface area contributed by atoms with Gasteiger partial charge in [-0.05, 0) is 31.2 Å². The second kappa shape index (κ2) is 8.06. The Hall–Kier alpha value is -2.98. The van der Waals surface area contributed by atoms with Gasteiger partial charge < -0.3 is 24.8 Å². The zero-order chi connectivity index (χ0) is 23.4. The molecule has 4 aliphatic rings. The molecule has 0 radical (unpaired) electrons. The average molecular weight is 483 g/mol. The van der Waals surface area contributed by atoms with Crippen LogP contribution in [0.15, 0.2) is 40.3 Å². The number of anilines is 1. The van der Waals surface area contributed by atoms with Crippen LogP contribution in [0.5, 0.6) is 0 Å². The molecule has 1 saturated carbocycles. The number of ether oxygens (including phenoxy) is 1.